The van der Waals surface area contributed by atoms with Gasteiger partial charge in [0.2, 0.25) is 0 Å². The Hall–Kier alpha value is -0.240. The third kappa shape index (κ3) is 4.42. The summed E-state index contributed by atoms with van der Waals surface area (Å²) in [6.45, 7) is 1.36. The minimum Gasteiger partial charge on any atom is -0.394 e. The molecule has 1 heterocycles. The zero-order valence-corrected chi connectivity index (χ0v) is 16.9. The van der Waals surface area contributed by atoms with Crippen molar-refractivity contribution in [2.45, 2.75) is 94.7 Å². The molecule has 28 heavy (non-hydrogen) atoms. The summed E-state index contributed by atoms with van der Waals surface area (Å²) in [5, 5.41) is 39.0. The summed E-state index contributed by atoms with van der Waals surface area (Å²) in [5.74, 6) is 2.90. The summed E-state index contributed by atoms with van der Waals surface area (Å²) in [6.07, 6.45) is 7.03. The maximum absolute atomic E-state index is 10.1. The van der Waals surface area contributed by atoms with Gasteiger partial charge in [0.25, 0.3) is 0 Å². The van der Waals surface area contributed by atoms with Crippen LogP contribution in [0.5, 0.6) is 0 Å². The molecule has 4 N–H and O–H groups in total. The van der Waals surface area contributed by atoms with Gasteiger partial charge in [-0.05, 0) is 74.5 Å². The fraction of sp³-hybridized carbons (Fsp3) is 1.00. The lowest BCUT2D eigenvalue weighted by Crippen LogP contribution is -2.58. The van der Waals surface area contributed by atoms with Gasteiger partial charge in [0.1, 0.15) is 24.4 Å². The molecule has 6 nitrogen and oxygen atoms in total. The van der Waals surface area contributed by atoms with E-state index >= 15 is 0 Å². The molecular formula is C22H38O6. The number of rotatable bonds is 9. The minimum absolute atomic E-state index is 0.361. The van der Waals surface area contributed by atoms with Crippen molar-refractivity contribution in [2.75, 3.05) is 19.8 Å². The molecule has 0 aromatic heterocycles. The van der Waals surface area contributed by atoms with Gasteiger partial charge in [-0.25, -0.2) is 0 Å². The lowest BCUT2D eigenvalue weighted by Gasteiger charge is -2.56. The second-order valence-electron chi connectivity index (χ2n) is 10.2. The summed E-state index contributed by atoms with van der Waals surface area (Å²) >= 11 is 0. The second-order valence-corrected chi connectivity index (χ2v) is 10.2. The molecule has 5 aliphatic rings. The van der Waals surface area contributed by atoms with E-state index in [1.54, 1.807) is 0 Å². The van der Waals surface area contributed by atoms with Crippen LogP contribution in [0, 0.1) is 23.2 Å². The molecule has 162 valence electrons. The van der Waals surface area contributed by atoms with Crippen LogP contribution < -0.4 is 0 Å². The number of hydrogen-bond donors (Lipinski definition) is 4. The fourth-order valence-corrected chi connectivity index (χ4v) is 6.90. The Kier molecular flexibility index (Phi) is 6.65. The van der Waals surface area contributed by atoms with Gasteiger partial charge in [0, 0.05) is 6.61 Å². The van der Waals surface area contributed by atoms with E-state index in [2.05, 4.69) is 0 Å². The highest BCUT2D eigenvalue weighted by Crippen LogP contribution is 2.60. The number of aliphatic hydroxyl groups is 4. The number of unbranched alkanes of at least 4 members (excludes halogenated alkanes) is 2. The predicted octanol–water partition coefficient (Wildman–Crippen LogP) is 1.62. The molecule has 4 bridgehead atoms. The van der Waals surface area contributed by atoms with Gasteiger partial charge < -0.3 is 29.9 Å². The molecule has 5 rings (SSSR count). The standard InChI is InChI=1S/C22H38O6/c23-12-18-20(25)21(26)19(24)17(28-18)4-2-1-3-5-27-13-22-9-14-6-15(10-22)8-16(7-14)11-22/h14-21,23-26H,1-13H2/t14?,15?,16?,17-,18+,19-,20+,21+,22?/m0/s1. The molecule has 0 amide bonds. The van der Waals surface area contributed by atoms with Crippen LogP contribution in [-0.2, 0) is 9.47 Å². The first-order chi connectivity index (χ1) is 13.5. The maximum Gasteiger partial charge on any atom is 0.111 e. The van der Waals surface area contributed by atoms with Crippen LogP contribution in [0.25, 0.3) is 0 Å². The van der Waals surface area contributed by atoms with Crippen LogP contribution in [0.3, 0.4) is 0 Å². The van der Waals surface area contributed by atoms with Gasteiger partial charge in [-0.15, -0.1) is 0 Å². The average Bonchev–Trinajstić information content (AvgIpc) is 2.66. The van der Waals surface area contributed by atoms with Gasteiger partial charge in [-0.3, -0.25) is 0 Å². The third-order valence-corrected chi connectivity index (χ3v) is 7.84. The van der Waals surface area contributed by atoms with Crippen LogP contribution in [-0.4, -0.2) is 70.8 Å². The Morgan fingerprint density at radius 2 is 1.39 bits per heavy atom. The first-order valence-corrected chi connectivity index (χ1v) is 11.4. The summed E-state index contributed by atoms with van der Waals surface area (Å²) in [5.41, 5.74) is 0.477. The molecule has 5 fully saturated rings. The second kappa shape index (κ2) is 8.86. The molecular weight excluding hydrogens is 360 g/mol. The zero-order valence-electron chi connectivity index (χ0n) is 16.9. The lowest BCUT2D eigenvalue weighted by atomic mass is 9.50. The van der Waals surface area contributed by atoms with Gasteiger partial charge in [-0.2, -0.15) is 0 Å². The molecule has 0 radical (unpaired) electrons. The van der Waals surface area contributed by atoms with E-state index in [-0.39, 0.29) is 6.61 Å². The topological polar surface area (TPSA) is 99.4 Å². The predicted molar refractivity (Wildman–Crippen MR) is 104 cm³/mol. The molecule has 0 unspecified atom stereocenters. The highest BCUT2D eigenvalue weighted by Gasteiger charge is 2.50. The highest BCUT2D eigenvalue weighted by molar-refractivity contribution is 5.01. The zero-order chi connectivity index (χ0) is 19.7. The van der Waals surface area contributed by atoms with Gasteiger partial charge in [-0.1, -0.05) is 12.8 Å². The average molecular weight is 399 g/mol. The molecule has 6 heteroatoms. The molecule has 4 saturated carbocycles. The van der Waals surface area contributed by atoms with Crippen molar-refractivity contribution in [3.8, 4) is 0 Å². The van der Waals surface area contributed by atoms with E-state index in [4.69, 9.17) is 9.47 Å². The first kappa shape index (κ1) is 21.0. The van der Waals surface area contributed by atoms with Crippen LogP contribution in [0.2, 0.25) is 0 Å². The third-order valence-electron chi connectivity index (χ3n) is 7.84. The van der Waals surface area contributed by atoms with E-state index in [0.717, 1.165) is 50.2 Å². The van der Waals surface area contributed by atoms with Crippen molar-refractivity contribution in [1.29, 1.82) is 0 Å². The van der Waals surface area contributed by atoms with Crippen molar-refractivity contribution in [2.24, 2.45) is 23.2 Å². The Bertz CT molecular complexity index is 474. The van der Waals surface area contributed by atoms with E-state index < -0.39 is 30.5 Å². The molecule has 1 saturated heterocycles. The Labute approximate surface area is 168 Å². The van der Waals surface area contributed by atoms with Crippen LogP contribution in [0.15, 0.2) is 0 Å². The van der Waals surface area contributed by atoms with Crippen molar-refractivity contribution in [3.05, 3.63) is 0 Å². The summed E-state index contributed by atoms with van der Waals surface area (Å²) in [7, 11) is 0. The molecule has 4 aliphatic carbocycles. The van der Waals surface area contributed by atoms with Crippen molar-refractivity contribution >= 4 is 0 Å². The lowest BCUT2D eigenvalue weighted by molar-refractivity contribution is -0.230. The maximum atomic E-state index is 10.1. The largest absolute Gasteiger partial charge is 0.394 e. The summed E-state index contributed by atoms with van der Waals surface area (Å²) in [6, 6.07) is 0. The first-order valence-electron chi connectivity index (χ1n) is 11.4. The molecule has 0 aromatic carbocycles. The van der Waals surface area contributed by atoms with Crippen LogP contribution in [0.1, 0.15) is 64.2 Å². The number of hydrogen-bond acceptors (Lipinski definition) is 6. The minimum atomic E-state index is -1.26. The molecule has 1 aliphatic heterocycles. The molecule has 5 atom stereocenters. The fourth-order valence-electron chi connectivity index (χ4n) is 6.90. The van der Waals surface area contributed by atoms with Crippen LogP contribution >= 0.6 is 0 Å². The summed E-state index contributed by atoms with van der Waals surface area (Å²) in [4.78, 5) is 0. The normalized spacial score (nSPS) is 47.6. The Morgan fingerprint density at radius 3 is 2.00 bits per heavy atom. The number of aliphatic hydroxyl groups excluding tert-OH is 4. The van der Waals surface area contributed by atoms with E-state index in [9.17, 15) is 20.4 Å². The van der Waals surface area contributed by atoms with Gasteiger partial charge in [0.15, 0.2) is 0 Å². The SMILES string of the molecule is OC[C@H]1O[C@@H](CCCCCOCC23CC4CC(CC(C4)C2)C3)[C@H](O)[C@@H](O)[C@@H]1O. The highest BCUT2D eigenvalue weighted by atomic mass is 16.5. The molecule has 0 aromatic rings. The van der Waals surface area contributed by atoms with E-state index in [1.807, 2.05) is 0 Å². The van der Waals surface area contributed by atoms with E-state index in [1.165, 1.54) is 38.5 Å². The Balaban J connectivity index is 1.11. The van der Waals surface area contributed by atoms with Crippen molar-refractivity contribution in [1.82, 2.24) is 0 Å². The van der Waals surface area contributed by atoms with Gasteiger partial charge in [0.05, 0.1) is 19.3 Å². The van der Waals surface area contributed by atoms with Crippen molar-refractivity contribution < 1.29 is 29.9 Å². The molecule has 0 spiro atoms. The van der Waals surface area contributed by atoms with Crippen molar-refractivity contribution in [3.63, 3.8) is 0 Å². The van der Waals surface area contributed by atoms with E-state index in [0.29, 0.717) is 11.8 Å². The quantitative estimate of drug-likeness (QED) is 0.441. The monoisotopic (exact) mass is 398 g/mol. The summed E-state index contributed by atoms with van der Waals surface area (Å²) < 4.78 is 11.7. The van der Waals surface area contributed by atoms with Gasteiger partial charge >= 0.3 is 0 Å². The van der Waals surface area contributed by atoms with Crippen LogP contribution in [0.4, 0.5) is 0 Å². The smallest absolute Gasteiger partial charge is 0.111 e. The number of ether oxygens (including phenoxy) is 2. The Morgan fingerprint density at radius 1 is 0.786 bits per heavy atom.